The van der Waals surface area contributed by atoms with E-state index in [0.29, 0.717) is 6.04 Å². The topological polar surface area (TPSA) is 28.2 Å². The average molecular weight is 312 g/mol. The summed E-state index contributed by atoms with van der Waals surface area (Å²) in [6.07, 6.45) is 4.64. The van der Waals surface area contributed by atoms with Gasteiger partial charge in [-0.25, -0.2) is 4.98 Å². The third kappa shape index (κ3) is 5.95. The zero-order chi connectivity index (χ0) is 15.8. The molecule has 0 amide bonds. The van der Waals surface area contributed by atoms with Crippen LogP contribution in [0.2, 0.25) is 0 Å². The lowest BCUT2D eigenvalue weighted by Crippen LogP contribution is -2.29. The summed E-state index contributed by atoms with van der Waals surface area (Å²) in [6.45, 7) is 13.4. The van der Waals surface area contributed by atoms with Gasteiger partial charge in [-0.3, -0.25) is 0 Å². The second kappa shape index (κ2) is 9.42. The van der Waals surface area contributed by atoms with Gasteiger partial charge in [0.2, 0.25) is 0 Å². The molecule has 0 bridgehead atoms. The standard InChI is InChI=1S/C17H33N3S/c1-7-9-15-16(12-18-10-8-2)21-17(19-15)20(6)14(5)11-13(3)4/h13-14,18H,7-12H2,1-6H3. The van der Waals surface area contributed by atoms with Crippen molar-refractivity contribution in [1.29, 1.82) is 0 Å². The molecule has 0 fully saturated rings. The fourth-order valence-corrected chi connectivity index (χ4v) is 3.64. The minimum Gasteiger partial charge on any atom is -0.348 e. The minimum atomic E-state index is 0.544. The predicted molar refractivity (Wildman–Crippen MR) is 95.4 cm³/mol. The molecule has 0 spiro atoms. The first-order valence-electron chi connectivity index (χ1n) is 8.41. The van der Waals surface area contributed by atoms with E-state index in [1.54, 1.807) is 0 Å². The number of aromatic nitrogens is 1. The first-order valence-corrected chi connectivity index (χ1v) is 9.23. The molecule has 21 heavy (non-hydrogen) atoms. The van der Waals surface area contributed by atoms with E-state index in [1.165, 1.54) is 28.5 Å². The highest BCUT2D eigenvalue weighted by molar-refractivity contribution is 7.15. The van der Waals surface area contributed by atoms with Crippen molar-refractivity contribution in [2.75, 3.05) is 18.5 Å². The van der Waals surface area contributed by atoms with Crippen molar-refractivity contribution < 1.29 is 0 Å². The lowest BCUT2D eigenvalue weighted by Gasteiger charge is -2.25. The van der Waals surface area contributed by atoms with Gasteiger partial charge in [0.25, 0.3) is 0 Å². The minimum absolute atomic E-state index is 0.544. The molecule has 0 aromatic carbocycles. The van der Waals surface area contributed by atoms with Crippen LogP contribution < -0.4 is 10.2 Å². The molecule has 0 saturated heterocycles. The summed E-state index contributed by atoms with van der Waals surface area (Å²) in [7, 11) is 2.19. The second-order valence-corrected chi connectivity index (χ2v) is 7.44. The molecule has 4 heteroatoms. The number of hydrogen-bond donors (Lipinski definition) is 1. The van der Waals surface area contributed by atoms with Gasteiger partial charge >= 0.3 is 0 Å². The van der Waals surface area contributed by atoms with Crippen LogP contribution in [-0.4, -0.2) is 24.6 Å². The molecule has 1 unspecified atom stereocenters. The van der Waals surface area contributed by atoms with Crippen molar-refractivity contribution in [3.63, 3.8) is 0 Å². The Labute approximate surface area is 135 Å². The van der Waals surface area contributed by atoms with Crippen molar-refractivity contribution in [3.8, 4) is 0 Å². The summed E-state index contributed by atoms with van der Waals surface area (Å²) in [6, 6.07) is 0.544. The van der Waals surface area contributed by atoms with Gasteiger partial charge in [-0.15, -0.1) is 11.3 Å². The van der Waals surface area contributed by atoms with E-state index in [1.807, 2.05) is 11.3 Å². The normalized spacial score (nSPS) is 12.9. The van der Waals surface area contributed by atoms with E-state index in [0.717, 1.165) is 31.8 Å². The maximum absolute atomic E-state index is 4.91. The van der Waals surface area contributed by atoms with E-state index in [-0.39, 0.29) is 0 Å². The molecule has 1 N–H and O–H groups in total. The molecule has 1 rings (SSSR count). The van der Waals surface area contributed by atoms with Crippen LogP contribution in [-0.2, 0) is 13.0 Å². The number of nitrogens with zero attached hydrogens (tertiary/aromatic N) is 2. The van der Waals surface area contributed by atoms with Crippen LogP contribution in [0, 0.1) is 5.92 Å². The highest BCUT2D eigenvalue weighted by Crippen LogP contribution is 2.29. The summed E-state index contributed by atoms with van der Waals surface area (Å²) < 4.78 is 0. The average Bonchev–Trinajstić information content (AvgIpc) is 2.81. The lowest BCUT2D eigenvalue weighted by molar-refractivity contribution is 0.503. The quantitative estimate of drug-likeness (QED) is 0.646. The third-order valence-corrected chi connectivity index (χ3v) is 4.93. The molecule has 0 aliphatic heterocycles. The van der Waals surface area contributed by atoms with Crippen LogP contribution in [0.1, 0.15) is 64.5 Å². The van der Waals surface area contributed by atoms with Crippen LogP contribution in [0.4, 0.5) is 5.13 Å². The first kappa shape index (κ1) is 18.4. The molecule has 0 aliphatic carbocycles. The summed E-state index contributed by atoms with van der Waals surface area (Å²) in [5.41, 5.74) is 1.30. The van der Waals surface area contributed by atoms with E-state index >= 15 is 0 Å². The van der Waals surface area contributed by atoms with Gasteiger partial charge < -0.3 is 10.2 Å². The number of anilines is 1. The molecule has 0 aliphatic rings. The molecule has 1 aromatic heterocycles. The zero-order valence-corrected chi connectivity index (χ0v) is 15.5. The molecule has 0 radical (unpaired) electrons. The van der Waals surface area contributed by atoms with Crippen LogP contribution in [0.25, 0.3) is 0 Å². The number of aryl methyl sites for hydroxylation is 1. The van der Waals surface area contributed by atoms with Crippen LogP contribution in [0.5, 0.6) is 0 Å². The number of nitrogens with one attached hydrogen (secondary N) is 1. The monoisotopic (exact) mass is 311 g/mol. The van der Waals surface area contributed by atoms with Gasteiger partial charge in [0.1, 0.15) is 0 Å². The molecule has 1 aromatic rings. The largest absolute Gasteiger partial charge is 0.348 e. The van der Waals surface area contributed by atoms with Gasteiger partial charge in [-0.1, -0.05) is 34.1 Å². The Morgan fingerprint density at radius 1 is 1.19 bits per heavy atom. The molecule has 3 nitrogen and oxygen atoms in total. The molecular formula is C17H33N3S. The van der Waals surface area contributed by atoms with Crippen molar-refractivity contribution in [3.05, 3.63) is 10.6 Å². The number of thiazole rings is 1. The predicted octanol–water partition coefficient (Wildman–Crippen LogP) is 4.47. The summed E-state index contributed by atoms with van der Waals surface area (Å²) >= 11 is 1.87. The first-order chi connectivity index (χ1) is 9.99. The maximum atomic E-state index is 4.91. The molecular weight excluding hydrogens is 278 g/mol. The Hall–Kier alpha value is -0.610. The summed E-state index contributed by atoms with van der Waals surface area (Å²) in [5, 5.41) is 4.70. The Morgan fingerprint density at radius 2 is 1.90 bits per heavy atom. The van der Waals surface area contributed by atoms with Gasteiger partial charge in [-0.05, 0) is 38.6 Å². The Morgan fingerprint density at radius 3 is 2.48 bits per heavy atom. The van der Waals surface area contributed by atoms with Crippen LogP contribution >= 0.6 is 11.3 Å². The molecule has 0 saturated carbocycles. The van der Waals surface area contributed by atoms with Gasteiger partial charge in [0, 0.05) is 24.5 Å². The van der Waals surface area contributed by atoms with Crippen LogP contribution in [0.15, 0.2) is 0 Å². The van der Waals surface area contributed by atoms with E-state index < -0.39 is 0 Å². The molecule has 122 valence electrons. The SMILES string of the molecule is CCCNCc1sc(N(C)C(C)CC(C)C)nc1CCC. The fraction of sp³-hybridized carbons (Fsp3) is 0.824. The second-order valence-electron chi connectivity index (χ2n) is 6.38. The van der Waals surface area contributed by atoms with Crippen LogP contribution in [0.3, 0.4) is 0 Å². The zero-order valence-electron chi connectivity index (χ0n) is 14.7. The van der Waals surface area contributed by atoms with E-state index in [2.05, 4.69) is 51.9 Å². The Balaban J connectivity index is 2.79. The van der Waals surface area contributed by atoms with Crippen molar-refractivity contribution in [1.82, 2.24) is 10.3 Å². The van der Waals surface area contributed by atoms with E-state index in [4.69, 9.17) is 4.98 Å². The van der Waals surface area contributed by atoms with Crippen molar-refractivity contribution >= 4 is 16.5 Å². The third-order valence-electron chi connectivity index (χ3n) is 3.74. The molecule has 1 heterocycles. The Bertz CT molecular complexity index is 401. The van der Waals surface area contributed by atoms with Gasteiger partial charge in [-0.2, -0.15) is 0 Å². The Kier molecular flexibility index (Phi) is 8.27. The van der Waals surface area contributed by atoms with Gasteiger partial charge in [0.05, 0.1) is 5.69 Å². The highest BCUT2D eigenvalue weighted by atomic mass is 32.1. The smallest absolute Gasteiger partial charge is 0.185 e. The maximum Gasteiger partial charge on any atom is 0.185 e. The lowest BCUT2D eigenvalue weighted by atomic mass is 10.0. The van der Waals surface area contributed by atoms with E-state index in [9.17, 15) is 0 Å². The van der Waals surface area contributed by atoms with Crippen molar-refractivity contribution in [2.24, 2.45) is 5.92 Å². The number of rotatable bonds is 10. The highest BCUT2D eigenvalue weighted by Gasteiger charge is 2.17. The van der Waals surface area contributed by atoms with Crippen molar-refractivity contribution in [2.45, 2.75) is 72.9 Å². The summed E-state index contributed by atoms with van der Waals surface area (Å²) in [4.78, 5) is 8.69. The fourth-order valence-electron chi connectivity index (χ4n) is 2.50. The molecule has 1 atom stereocenters. The number of hydrogen-bond acceptors (Lipinski definition) is 4. The summed E-state index contributed by atoms with van der Waals surface area (Å²) in [5.74, 6) is 0.725. The van der Waals surface area contributed by atoms with Gasteiger partial charge in [0.15, 0.2) is 5.13 Å².